The van der Waals surface area contributed by atoms with E-state index in [4.69, 9.17) is 4.74 Å². The van der Waals surface area contributed by atoms with Crippen LogP contribution in [0.1, 0.15) is 11.3 Å². The number of carbonyl (C=O) groups is 1. The molecular weight excluding hydrogens is 500 g/mol. The number of amides is 2. The van der Waals surface area contributed by atoms with Crippen LogP contribution in [0.3, 0.4) is 0 Å². The first kappa shape index (κ1) is 25.6. The summed E-state index contributed by atoms with van der Waals surface area (Å²) in [5.41, 5.74) is 1.35. The Morgan fingerprint density at radius 2 is 1.63 bits per heavy atom. The lowest BCUT2D eigenvalue weighted by Gasteiger charge is -2.26. The molecule has 0 spiro atoms. The molecule has 196 valence electrons. The number of hydrogen-bond acceptors (Lipinski definition) is 4. The molecule has 1 aromatic heterocycles. The van der Waals surface area contributed by atoms with Gasteiger partial charge in [0.15, 0.2) is 0 Å². The second-order valence-corrected chi connectivity index (χ2v) is 8.90. The Kier molecular flexibility index (Phi) is 7.26. The van der Waals surface area contributed by atoms with Crippen molar-refractivity contribution in [3.63, 3.8) is 0 Å². The van der Waals surface area contributed by atoms with Gasteiger partial charge < -0.3 is 15.4 Å². The van der Waals surface area contributed by atoms with Crippen LogP contribution < -0.4 is 10.6 Å². The summed E-state index contributed by atoms with van der Waals surface area (Å²) in [4.78, 5) is 19.6. The zero-order chi connectivity index (χ0) is 26.7. The number of anilines is 2. The lowest BCUT2D eigenvalue weighted by atomic mass is 9.98. The number of carbonyl (C=O) groups excluding carboxylic acids is 1. The molecule has 1 fully saturated rings. The molecule has 1 aliphatic rings. The zero-order valence-corrected chi connectivity index (χ0v) is 20.2. The number of nitrogens with zero attached hydrogens (tertiary/aromatic N) is 2. The maximum Gasteiger partial charge on any atom is 0.418 e. The number of alkyl halides is 3. The van der Waals surface area contributed by atoms with Gasteiger partial charge in [-0.15, -0.1) is 0 Å². The summed E-state index contributed by atoms with van der Waals surface area (Å²) < 4.78 is 58.7. The first-order valence-electron chi connectivity index (χ1n) is 12.0. The van der Waals surface area contributed by atoms with Gasteiger partial charge in [0.05, 0.1) is 35.8 Å². The number of urea groups is 1. The minimum Gasteiger partial charge on any atom is -0.379 e. The third-order valence-electron chi connectivity index (χ3n) is 6.33. The van der Waals surface area contributed by atoms with Crippen molar-refractivity contribution in [3.05, 3.63) is 90.0 Å². The molecule has 0 radical (unpaired) electrons. The molecule has 6 nitrogen and oxygen atoms in total. The summed E-state index contributed by atoms with van der Waals surface area (Å²) in [5.74, 6) is -1.05. The van der Waals surface area contributed by atoms with Crippen LogP contribution in [-0.4, -0.2) is 42.2 Å². The standard InChI is InChI=1S/C28H24F4N4O2/c29-19-6-9-26(24(15-19)28(30,31)32)35-27(37)34-25-10-8-21(22-3-1-2-4-23(22)25)18-5-7-20(33-16-18)17-36-11-13-38-14-12-36/h1-10,15-16H,11-14,17H2,(H2,34,35,37). The van der Waals surface area contributed by atoms with Crippen molar-refractivity contribution in [3.8, 4) is 11.1 Å². The molecule has 10 heteroatoms. The molecule has 2 amide bonds. The molecule has 0 aliphatic carbocycles. The number of benzene rings is 3. The number of hydrogen-bond donors (Lipinski definition) is 2. The van der Waals surface area contributed by atoms with E-state index in [0.717, 1.165) is 67.2 Å². The van der Waals surface area contributed by atoms with Crippen molar-refractivity contribution in [1.82, 2.24) is 9.88 Å². The number of fused-ring (bicyclic) bond motifs is 1. The fourth-order valence-corrected chi connectivity index (χ4v) is 4.46. The van der Waals surface area contributed by atoms with E-state index in [-0.39, 0.29) is 0 Å². The molecule has 1 aliphatic heterocycles. The van der Waals surface area contributed by atoms with E-state index >= 15 is 0 Å². The summed E-state index contributed by atoms with van der Waals surface area (Å²) in [6.07, 6.45) is -3.02. The largest absolute Gasteiger partial charge is 0.418 e. The van der Waals surface area contributed by atoms with Gasteiger partial charge in [-0.2, -0.15) is 13.2 Å². The summed E-state index contributed by atoms with van der Waals surface area (Å²) in [6, 6.07) is 16.1. The van der Waals surface area contributed by atoms with Crippen molar-refractivity contribution in [2.75, 3.05) is 36.9 Å². The number of nitrogens with one attached hydrogen (secondary N) is 2. The smallest absolute Gasteiger partial charge is 0.379 e. The summed E-state index contributed by atoms with van der Waals surface area (Å²) >= 11 is 0. The van der Waals surface area contributed by atoms with Gasteiger partial charge in [0.2, 0.25) is 0 Å². The number of ether oxygens (including phenoxy) is 1. The number of morpholine rings is 1. The van der Waals surface area contributed by atoms with Gasteiger partial charge in [-0.3, -0.25) is 9.88 Å². The molecule has 5 rings (SSSR count). The molecule has 1 saturated heterocycles. The van der Waals surface area contributed by atoms with E-state index in [0.29, 0.717) is 17.1 Å². The maximum atomic E-state index is 13.4. The van der Waals surface area contributed by atoms with Gasteiger partial charge in [0.25, 0.3) is 0 Å². The lowest BCUT2D eigenvalue weighted by Crippen LogP contribution is -2.35. The van der Waals surface area contributed by atoms with Gasteiger partial charge in [0, 0.05) is 36.8 Å². The number of aromatic nitrogens is 1. The minimum atomic E-state index is -4.83. The summed E-state index contributed by atoms with van der Waals surface area (Å²) in [5, 5.41) is 6.34. The van der Waals surface area contributed by atoms with E-state index in [2.05, 4.69) is 20.5 Å². The van der Waals surface area contributed by atoms with Crippen LogP contribution in [0.5, 0.6) is 0 Å². The third kappa shape index (κ3) is 5.76. The molecule has 0 atom stereocenters. The Bertz CT molecular complexity index is 1450. The fourth-order valence-electron chi connectivity index (χ4n) is 4.46. The molecule has 0 bridgehead atoms. The second-order valence-electron chi connectivity index (χ2n) is 8.90. The van der Waals surface area contributed by atoms with E-state index < -0.39 is 29.3 Å². The highest BCUT2D eigenvalue weighted by atomic mass is 19.4. The zero-order valence-electron chi connectivity index (χ0n) is 20.2. The molecule has 0 saturated carbocycles. The number of pyridine rings is 1. The van der Waals surface area contributed by atoms with Crippen LogP contribution in [0.25, 0.3) is 21.9 Å². The highest BCUT2D eigenvalue weighted by Crippen LogP contribution is 2.36. The van der Waals surface area contributed by atoms with Crippen molar-refractivity contribution < 1.29 is 27.1 Å². The van der Waals surface area contributed by atoms with Crippen molar-refractivity contribution >= 4 is 28.2 Å². The molecule has 0 unspecified atom stereocenters. The van der Waals surface area contributed by atoms with Gasteiger partial charge in [-0.1, -0.05) is 36.4 Å². The van der Waals surface area contributed by atoms with Crippen LogP contribution >= 0.6 is 0 Å². The average molecular weight is 525 g/mol. The molecule has 3 aromatic carbocycles. The predicted molar refractivity (Wildman–Crippen MR) is 137 cm³/mol. The Hall–Kier alpha value is -4.02. The number of rotatable bonds is 5. The predicted octanol–water partition coefficient (Wildman–Crippen LogP) is 6.54. The van der Waals surface area contributed by atoms with Crippen LogP contribution in [0, 0.1) is 5.82 Å². The molecular formula is C28H24F4N4O2. The third-order valence-corrected chi connectivity index (χ3v) is 6.33. The first-order chi connectivity index (χ1) is 18.3. The normalized spacial score (nSPS) is 14.4. The second kappa shape index (κ2) is 10.8. The van der Waals surface area contributed by atoms with Crippen LogP contribution in [-0.2, 0) is 17.5 Å². The SMILES string of the molecule is O=C(Nc1ccc(F)cc1C(F)(F)F)Nc1ccc(-c2ccc(CN3CCOCC3)nc2)c2ccccc12. The molecule has 4 aromatic rings. The highest BCUT2D eigenvalue weighted by molar-refractivity contribution is 6.09. The first-order valence-corrected chi connectivity index (χ1v) is 12.0. The summed E-state index contributed by atoms with van der Waals surface area (Å²) in [6.45, 7) is 3.92. The quantitative estimate of drug-likeness (QED) is 0.291. The maximum absolute atomic E-state index is 13.4. The molecule has 38 heavy (non-hydrogen) atoms. The monoisotopic (exact) mass is 524 g/mol. The molecule has 2 N–H and O–H groups in total. The molecule has 2 heterocycles. The van der Waals surface area contributed by atoms with Gasteiger partial charge in [-0.25, -0.2) is 9.18 Å². The lowest BCUT2D eigenvalue weighted by molar-refractivity contribution is -0.137. The minimum absolute atomic E-state index is 0.347. The van der Waals surface area contributed by atoms with Gasteiger partial charge >= 0.3 is 12.2 Å². The summed E-state index contributed by atoms with van der Waals surface area (Å²) in [7, 11) is 0. The number of halogens is 4. The topological polar surface area (TPSA) is 66.5 Å². The van der Waals surface area contributed by atoms with E-state index in [9.17, 15) is 22.4 Å². The van der Waals surface area contributed by atoms with Crippen LogP contribution in [0.2, 0.25) is 0 Å². The van der Waals surface area contributed by atoms with E-state index in [1.54, 1.807) is 12.1 Å². The Morgan fingerprint density at radius 1 is 0.921 bits per heavy atom. The Morgan fingerprint density at radius 3 is 2.34 bits per heavy atom. The van der Waals surface area contributed by atoms with Gasteiger partial charge in [0.1, 0.15) is 5.82 Å². The van der Waals surface area contributed by atoms with Crippen LogP contribution in [0.15, 0.2) is 72.9 Å². The Labute approximate surface area is 216 Å². The van der Waals surface area contributed by atoms with Crippen molar-refractivity contribution in [2.24, 2.45) is 0 Å². The highest BCUT2D eigenvalue weighted by Gasteiger charge is 2.34. The van der Waals surface area contributed by atoms with Crippen molar-refractivity contribution in [1.29, 1.82) is 0 Å². The Balaban J connectivity index is 1.37. The van der Waals surface area contributed by atoms with Crippen LogP contribution in [0.4, 0.5) is 33.7 Å². The van der Waals surface area contributed by atoms with Gasteiger partial charge in [-0.05, 0) is 41.3 Å². The van der Waals surface area contributed by atoms with E-state index in [1.165, 1.54) is 0 Å². The van der Waals surface area contributed by atoms with E-state index in [1.807, 2.05) is 42.6 Å². The average Bonchev–Trinajstić information content (AvgIpc) is 2.90. The van der Waals surface area contributed by atoms with Crippen molar-refractivity contribution in [2.45, 2.75) is 12.7 Å². The fraction of sp³-hybridized carbons (Fsp3) is 0.214.